The first kappa shape index (κ1) is 23.3. The van der Waals surface area contributed by atoms with Crippen LogP contribution in [0.5, 0.6) is 11.5 Å². The van der Waals surface area contributed by atoms with E-state index < -0.39 is 0 Å². The summed E-state index contributed by atoms with van der Waals surface area (Å²) in [5.41, 5.74) is 3.76. The molecule has 1 aromatic carbocycles. The molecule has 0 fully saturated rings. The lowest BCUT2D eigenvalue weighted by atomic mass is 10.1. The summed E-state index contributed by atoms with van der Waals surface area (Å²) in [7, 11) is 0. The molecule has 0 aliphatic carbocycles. The maximum absolute atomic E-state index is 6.16. The molecule has 0 aliphatic heterocycles. The Bertz CT molecular complexity index is 915. The average molecular weight is 429 g/mol. The first-order chi connectivity index (χ1) is 15.8. The Morgan fingerprint density at radius 1 is 0.656 bits per heavy atom. The van der Waals surface area contributed by atoms with Gasteiger partial charge >= 0.3 is 0 Å². The van der Waals surface area contributed by atoms with Gasteiger partial charge in [-0.05, 0) is 73.5 Å². The van der Waals surface area contributed by atoms with Crippen molar-refractivity contribution in [3.05, 3.63) is 83.4 Å². The van der Waals surface area contributed by atoms with Crippen LogP contribution < -0.4 is 9.47 Å². The predicted molar refractivity (Wildman–Crippen MR) is 134 cm³/mol. The molecule has 0 saturated carbocycles. The molecule has 0 N–H and O–H groups in total. The largest absolute Gasteiger partial charge is 0.493 e. The van der Waals surface area contributed by atoms with Crippen LogP contribution in [0.3, 0.4) is 0 Å². The first-order valence-corrected chi connectivity index (χ1v) is 11.4. The summed E-state index contributed by atoms with van der Waals surface area (Å²) in [5, 5.41) is 0. The molecule has 0 radical (unpaired) electrons. The van der Waals surface area contributed by atoms with Gasteiger partial charge in [0.05, 0.1) is 24.6 Å². The van der Waals surface area contributed by atoms with Crippen molar-refractivity contribution in [2.75, 3.05) is 13.2 Å². The van der Waals surface area contributed by atoms with E-state index in [0.29, 0.717) is 13.2 Å². The van der Waals surface area contributed by atoms with Crippen LogP contribution in [0, 0.1) is 0 Å². The minimum Gasteiger partial charge on any atom is -0.493 e. The van der Waals surface area contributed by atoms with Gasteiger partial charge in [-0.1, -0.05) is 38.8 Å². The van der Waals surface area contributed by atoms with E-state index >= 15 is 0 Å². The number of aromatic nitrogens is 2. The van der Waals surface area contributed by atoms with Crippen LogP contribution in [0.4, 0.5) is 0 Å². The van der Waals surface area contributed by atoms with Gasteiger partial charge in [0.2, 0.25) is 0 Å². The van der Waals surface area contributed by atoms with E-state index in [1.54, 1.807) is 12.4 Å². The van der Waals surface area contributed by atoms with Crippen LogP contribution in [0.25, 0.3) is 24.3 Å². The minimum absolute atomic E-state index is 0.681. The monoisotopic (exact) mass is 428 g/mol. The summed E-state index contributed by atoms with van der Waals surface area (Å²) in [5.74, 6) is 1.68. The molecule has 0 amide bonds. The summed E-state index contributed by atoms with van der Waals surface area (Å²) < 4.78 is 12.3. The molecular weight excluding hydrogens is 396 g/mol. The molecule has 166 valence electrons. The Hall–Kier alpha value is -3.40. The zero-order valence-corrected chi connectivity index (χ0v) is 19.0. The van der Waals surface area contributed by atoms with Crippen LogP contribution in [0.1, 0.15) is 62.0 Å². The quantitative estimate of drug-likeness (QED) is 0.287. The second kappa shape index (κ2) is 13.1. The van der Waals surface area contributed by atoms with Gasteiger partial charge in [-0.2, -0.15) is 0 Å². The highest BCUT2D eigenvalue weighted by Crippen LogP contribution is 2.32. The van der Waals surface area contributed by atoms with Crippen molar-refractivity contribution in [3.8, 4) is 11.5 Å². The molecule has 0 bridgehead atoms. The SMILES string of the molecule is CCCCOc1cc(/C=C\c2ccccn2)c(OCCCC)cc1/C=C\c1ccccn1. The highest BCUT2D eigenvalue weighted by Gasteiger charge is 2.10. The van der Waals surface area contributed by atoms with Gasteiger partial charge in [-0.15, -0.1) is 0 Å². The number of ether oxygens (including phenoxy) is 2. The zero-order valence-electron chi connectivity index (χ0n) is 19.0. The summed E-state index contributed by atoms with van der Waals surface area (Å²) in [6, 6.07) is 15.9. The molecule has 4 nitrogen and oxygen atoms in total. The topological polar surface area (TPSA) is 44.2 Å². The van der Waals surface area contributed by atoms with Gasteiger partial charge in [-0.3, -0.25) is 9.97 Å². The summed E-state index contributed by atoms with van der Waals surface area (Å²) >= 11 is 0. The van der Waals surface area contributed by atoms with Crippen molar-refractivity contribution in [1.29, 1.82) is 0 Å². The summed E-state index contributed by atoms with van der Waals surface area (Å²) in [6.45, 7) is 5.69. The van der Waals surface area contributed by atoms with E-state index in [1.807, 2.05) is 60.7 Å². The Morgan fingerprint density at radius 2 is 1.12 bits per heavy atom. The minimum atomic E-state index is 0.681. The standard InChI is InChI=1S/C28H32N2O2/c1-3-5-19-31-27-21-24(14-16-26-12-8-10-18-30-26)28(32-20-6-4-2)22-23(27)13-15-25-11-7-9-17-29-25/h7-18,21-22H,3-6,19-20H2,1-2H3/b15-13-,16-14-. The highest BCUT2D eigenvalue weighted by molar-refractivity contribution is 5.78. The molecule has 0 saturated heterocycles. The van der Waals surface area contributed by atoms with Crippen LogP contribution in [0.15, 0.2) is 60.9 Å². The number of hydrogen-bond acceptors (Lipinski definition) is 4. The number of benzene rings is 1. The van der Waals surface area contributed by atoms with Gasteiger partial charge in [0.1, 0.15) is 11.5 Å². The molecule has 32 heavy (non-hydrogen) atoms. The molecule has 0 spiro atoms. The lowest BCUT2D eigenvalue weighted by Gasteiger charge is -2.15. The average Bonchev–Trinajstić information content (AvgIpc) is 2.84. The molecule has 3 rings (SSSR count). The van der Waals surface area contributed by atoms with Crippen molar-refractivity contribution < 1.29 is 9.47 Å². The predicted octanol–water partition coefficient (Wildman–Crippen LogP) is 7.18. The van der Waals surface area contributed by atoms with Crippen molar-refractivity contribution in [3.63, 3.8) is 0 Å². The number of nitrogens with zero attached hydrogens (tertiary/aromatic N) is 2. The second-order valence-electron chi connectivity index (χ2n) is 7.51. The highest BCUT2D eigenvalue weighted by atomic mass is 16.5. The summed E-state index contributed by atoms with van der Waals surface area (Å²) in [6.07, 6.45) is 15.9. The third-order valence-corrected chi connectivity index (χ3v) is 4.90. The maximum Gasteiger partial charge on any atom is 0.127 e. The number of hydrogen-bond donors (Lipinski definition) is 0. The fourth-order valence-electron chi connectivity index (χ4n) is 3.05. The van der Waals surface area contributed by atoms with Crippen LogP contribution >= 0.6 is 0 Å². The van der Waals surface area contributed by atoms with E-state index in [4.69, 9.17) is 9.47 Å². The fraction of sp³-hybridized carbons (Fsp3) is 0.286. The van der Waals surface area contributed by atoms with E-state index in [9.17, 15) is 0 Å². The number of pyridine rings is 2. The zero-order chi connectivity index (χ0) is 22.4. The van der Waals surface area contributed by atoms with Gasteiger partial charge in [0, 0.05) is 23.5 Å². The number of unbranched alkanes of at least 4 members (excludes halogenated alkanes) is 2. The Kier molecular flexibility index (Phi) is 9.53. The van der Waals surface area contributed by atoms with Crippen molar-refractivity contribution in [2.24, 2.45) is 0 Å². The Morgan fingerprint density at radius 3 is 1.50 bits per heavy atom. The molecule has 3 aromatic rings. The molecular formula is C28H32N2O2. The van der Waals surface area contributed by atoms with E-state index in [1.165, 1.54) is 0 Å². The van der Waals surface area contributed by atoms with Crippen LogP contribution in [-0.2, 0) is 0 Å². The Labute approximate surface area is 191 Å². The van der Waals surface area contributed by atoms with Gasteiger partial charge < -0.3 is 9.47 Å². The first-order valence-electron chi connectivity index (χ1n) is 11.4. The van der Waals surface area contributed by atoms with Crippen LogP contribution in [0.2, 0.25) is 0 Å². The van der Waals surface area contributed by atoms with Crippen LogP contribution in [-0.4, -0.2) is 23.2 Å². The third kappa shape index (κ3) is 7.38. The smallest absolute Gasteiger partial charge is 0.127 e. The molecule has 2 heterocycles. The van der Waals surface area contributed by atoms with Gasteiger partial charge in [0.15, 0.2) is 0 Å². The van der Waals surface area contributed by atoms with Crippen molar-refractivity contribution in [1.82, 2.24) is 9.97 Å². The normalized spacial score (nSPS) is 11.3. The molecule has 0 aliphatic rings. The maximum atomic E-state index is 6.16. The van der Waals surface area contributed by atoms with Gasteiger partial charge in [-0.25, -0.2) is 0 Å². The lowest BCUT2D eigenvalue weighted by Crippen LogP contribution is -2.02. The summed E-state index contributed by atoms with van der Waals surface area (Å²) in [4.78, 5) is 8.77. The molecule has 2 aromatic heterocycles. The lowest BCUT2D eigenvalue weighted by molar-refractivity contribution is 0.300. The molecule has 4 heteroatoms. The van der Waals surface area contributed by atoms with E-state index in [0.717, 1.165) is 59.7 Å². The molecule has 0 atom stereocenters. The van der Waals surface area contributed by atoms with Crippen molar-refractivity contribution >= 4 is 24.3 Å². The van der Waals surface area contributed by atoms with E-state index in [-0.39, 0.29) is 0 Å². The Balaban J connectivity index is 1.96. The van der Waals surface area contributed by atoms with Gasteiger partial charge in [0.25, 0.3) is 0 Å². The second-order valence-corrected chi connectivity index (χ2v) is 7.51. The van der Waals surface area contributed by atoms with E-state index in [2.05, 4.69) is 35.9 Å². The fourth-order valence-corrected chi connectivity index (χ4v) is 3.05. The molecule has 0 unspecified atom stereocenters. The number of rotatable bonds is 12. The van der Waals surface area contributed by atoms with Crippen molar-refractivity contribution in [2.45, 2.75) is 39.5 Å². The third-order valence-electron chi connectivity index (χ3n) is 4.90.